The molecule has 0 spiro atoms. The summed E-state index contributed by atoms with van der Waals surface area (Å²) in [5.41, 5.74) is 2.16. The molecule has 0 atom stereocenters. The molecule has 3 aromatic carbocycles. The Balaban J connectivity index is 1.57. The number of hydrogen-bond donors (Lipinski definition) is 3. The molecular formula is C23H18Cl2N4O3. The maximum Gasteiger partial charge on any atom is 0.323 e. The van der Waals surface area contributed by atoms with Gasteiger partial charge in [0.05, 0.1) is 18.2 Å². The van der Waals surface area contributed by atoms with E-state index in [0.717, 1.165) is 5.56 Å². The molecule has 0 radical (unpaired) electrons. The van der Waals surface area contributed by atoms with Gasteiger partial charge in [-0.05, 0) is 42.0 Å². The number of ether oxygens (including phenoxy) is 1. The van der Waals surface area contributed by atoms with Crippen molar-refractivity contribution >= 4 is 51.4 Å². The minimum absolute atomic E-state index is 0.359. The topological polar surface area (TPSA) is 96.1 Å². The SMILES string of the molecule is COc1cccc(NC(=O)Nc2ccc3c(Cc4ccc(Cl)cc4Cl)n[nH]c(=O)c3c2)c1. The van der Waals surface area contributed by atoms with Gasteiger partial charge in [-0.2, -0.15) is 5.10 Å². The predicted octanol–water partition coefficient (Wildman–Crippen LogP) is 5.47. The summed E-state index contributed by atoms with van der Waals surface area (Å²) in [4.78, 5) is 24.8. The van der Waals surface area contributed by atoms with E-state index in [2.05, 4.69) is 20.8 Å². The summed E-state index contributed by atoms with van der Waals surface area (Å²) in [5.74, 6) is 0.626. The van der Waals surface area contributed by atoms with Crippen molar-refractivity contribution in [2.45, 2.75) is 6.42 Å². The average Bonchev–Trinajstić information content (AvgIpc) is 2.77. The number of urea groups is 1. The Kier molecular flexibility index (Phi) is 6.30. The normalized spacial score (nSPS) is 10.7. The Morgan fingerprint density at radius 2 is 1.78 bits per heavy atom. The number of amides is 2. The van der Waals surface area contributed by atoms with Gasteiger partial charge in [0, 0.05) is 39.3 Å². The van der Waals surface area contributed by atoms with Gasteiger partial charge in [-0.25, -0.2) is 9.89 Å². The minimum Gasteiger partial charge on any atom is -0.497 e. The summed E-state index contributed by atoms with van der Waals surface area (Å²) in [6, 6.07) is 16.8. The van der Waals surface area contributed by atoms with Crippen molar-refractivity contribution in [2.24, 2.45) is 0 Å². The molecular weight excluding hydrogens is 451 g/mol. The molecule has 1 aromatic heterocycles. The predicted molar refractivity (Wildman–Crippen MR) is 127 cm³/mol. The van der Waals surface area contributed by atoms with Crippen LogP contribution in [0.25, 0.3) is 10.8 Å². The van der Waals surface area contributed by atoms with E-state index in [9.17, 15) is 9.59 Å². The van der Waals surface area contributed by atoms with E-state index in [1.165, 1.54) is 0 Å². The van der Waals surface area contributed by atoms with Crippen LogP contribution in [0.3, 0.4) is 0 Å². The fraction of sp³-hybridized carbons (Fsp3) is 0.0870. The first-order valence-electron chi connectivity index (χ1n) is 9.60. The van der Waals surface area contributed by atoms with Crippen LogP contribution in [0.4, 0.5) is 16.2 Å². The highest BCUT2D eigenvalue weighted by Gasteiger charge is 2.12. The third kappa shape index (κ3) is 4.85. The van der Waals surface area contributed by atoms with Crippen LogP contribution in [-0.2, 0) is 6.42 Å². The number of aromatic amines is 1. The van der Waals surface area contributed by atoms with Crippen LogP contribution in [0.15, 0.2) is 65.5 Å². The second-order valence-electron chi connectivity index (χ2n) is 6.98. The number of carbonyl (C=O) groups is 1. The van der Waals surface area contributed by atoms with Gasteiger partial charge in [-0.3, -0.25) is 4.79 Å². The molecule has 0 unspecified atom stereocenters. The molecule has 0 aliphatic carbocycles. The Morgan fingerprint density at radius 1 is 1.00 bits per heavy atom. The number of fused-ring (bicyclic) bond motifs is 1. The number of benzene rings is 3. The zero-order valence-electron chi connectivity index (χ0n) is 16.9. The van der Waals surface area contributed by atoms with Crippen LogP contribution in [0, 0.1) is 0 Å². The molecule has 162 valence electrons. The molecule has 0 saturated carbocycles. The van der Waals surface area contributed by atoms with Gasteiger partial charge in [-0.1, -0.05) is 41.4 Å². The van der Waals surface area contributed by atoms with Crippen molar-refractivity contribution in [3.05, 3.63) is 92.3 Å². The number of anilines is 2. The smallest absolute Gasteiger partial charge is 0.323 e. The van der Waals surface area contributed by atoms with E-state index in [0.29, 0.717) is 50.1 Å². The van der Waals surface area contributed by atoms with Gasteiger partial charge in [0.25, 0.3) is 5.56 Å². The fourth-order valence-corrected chi connectivity index (χ4v) is 3.75. The van der Waals surface area contributed by atoms with Crippen LogP contribution >= 0.6 is 23.2 Å². The van der Waals surface area contributed by atoms with Crippen LogP contribution in [0.5, 0.6) is 5.75 Å². The highest BCUT2D eigenvalue weighted by molar-refractivity contribution is 6.35. The van der Waals surface area contributed by atoms with Crippen molar-refractivity contribution in [2.75, 3.05) is 17.7 Å². The number of nitrogens with one attached hydrogen (secondary N) is 3. The highest BCUT2D eigenvalue weighted by atomic mass is 35.5. The van der Waals surface area contributed by atoms with Crippen molar-refractivity contribution < 1.29 is 9.53 Å². The Labute approximate surface area is 193 Å². The number of hydrogen-bond acceptors (Lipinski definition) is 4. The van der Waals surface area contributed by atoms with Crippen molar-refractivity contribution in [3.63, 3.8) is 0 Å². The van der Waals surface area contributed by atoms with E-state index in [4.69, 9.17) is 27.9 Å². The van der Waals surface area contributed by atoms with Gasteiger partial charge < -0.3 is 15.4 Å². The second kappa shape index (κ2) is 9.30. The average molecular weight is 469 g/mol. The molecule has 9 heteroatoms. The number of methoxy groups -OCH3 is 1. The zero-order valence-corrected chi connectivity index (χ0v) is 18.4. The second-order valence-corrected chi connectivity index (χ2v) is 7.83. The van der Waals surface area contributed by atoms with Gasteiger partial charge in [-0.15, -0.1) is 0 Å². The number of nitrogens with zero attached hydrogens (tertiary/aromatic N) is 1. The molecule has 0 fully saturated rings. The van der Waals surface area contributed by atoms with Crippen LogP contribution in [0.1, 0.15) is 11.3 Å². The van der Waals surface area contributed by atoms with E-state index >= 15 is 0 Å². The summed E-state index contributed by atoms with van der Waals surface area (Å²) in [6.45, 7) is 0. The standard InChI is InChI=1S/C23H18Cl2N4O3/c1-32-17-4-2-3-15(11-17)26-23(31)27-16-7-8-18-19(12-16)22(30)29-28-21(18)9-13-5-6-14(24)10-20(13)25/h2-8,10-12H,9H2,1H3,(H,29,30)(H2,26,27,31). The summed E-state index contributed by atoms with van der Waals surface area (Å²) in [7, 11) is 1.55. The molecule has 4 aromatic rings. The van der Waals surface area contributed by atoms with Crippen molar-refractivity contribution in [3.8, 4) is 5.75 Å². The third-order valence-electron chi connectivity index (χ3n) is 4.83. The van der Waals surface area contributed by atoms with Gasteiger partial charge in [0.15, 0.2) is 0 Å². The van der Waals surface area contributed by atoms with Crippen molar-refractivity contribution in [1.29, 1.82) is 0 Å². The van der Waals surface area contributed by atoms with E-state index in [1.807, 2.05) is 6.07 Å². The third-order valence-corrected chi connectivity index (χ3v) is 5.41. The van der Waals surface area contributed by atoms with Gasteiger partial charge >= 0.3 is 6.03 Å². The number of halogens is 2. The summed E-state index contributed by atoms with van der Waals surface area (Å²) in [5, 5.41) is 14.3. The molecule has 0 aliphatic heterocycles. The summed E-state index contributed by atoms with van der Waals surface area (Å²) < 4.78 is 5.15. The largest absolute Gasteiger partial charge is 0.497 e. The maximum absolute atomic E-state index is 12.4. The molecule has 32 heavy (non-hydrogen) atoms. The Morgan fingerprint density at radius 3 is 2.53 bits per heavy atom. The van der Waals surface area contributed by atoms with E-state index < -0.39 is 6.03 Å². The molecule has 0 saturated heterocycles. The Hall–Kier alpha value is -3.55. The van der Waals surface area contributed by atoms with Gasteiger partial charge in [0.2, 0.25) is 0 Å². The van der Waals surface area contributed by atoms with E-state index in [-0.39, 0.29) is 5.56 Å². The lowest BCUT2D eigenvalue weighted by molar-refractivity contribution is 0.262. The van der Waals surface area contributed by atoms with Crippen molar-refractivity contribution in [1.82, 2.24) is 10.2 Å². The molecule has 4 rings (SSSR count). The monoisotopic (exact) mass is 468 g/mol. The first-order valence-corrected chi connectivity index (χ1v) is 10.4. The van der Waals surface area contributed by atoms with Crippen LogP contribution in [0.2, 0.25) is 10.0 Å². The zero-order chi connectivity index (χ0) is 22.7. The molecule has 3 N–H and O–H groups in total. The number of rotatable bonds is 5. The number of H-pyrrole nitrogens is 1. The maximum atomic E-state index is 12.4. The lowest BCUT2D eigenvalue weighted by atomic mass is 10.0. The quantitative estimate of drug-likeness (QED) is 0.361. The lowest BCUT2D eigenvalue weighted by Crippen LogP contribution is -2.20. The van der Waals surface area contributed by atoms with Gasteiger partial charge in [0.1, 0.15) is 5.75 Å². The molecule has 0 bridgehead atoms. The summed E-state index contributed by atoms with van der Waals surface area (Å²) >= 11 is 12.3. The minimum atomic E-state index is -0.448. The molecule has 1 heterocycles. The van der Waals surface area contributed by atoms with E-state index in [1.54, 1.807) is 61.7 Å². The number of aromatic nitrogens is 2. The fourth-order valence-electron chi connectivity index (χ4n) is 3.27. The number of carbonyl (C=O) groups excluding carboxylic acids is 1. The first-order chi connectivity index (χ1) is 15.4. The molecule has 2 amide bonds. The first kappa shape index (κ1) is 21.7. The van der Waals surface area contributed by atoms with Crippen LogP contribution in [-0.4, -0.2) is 23.3 Å². The highest BCUT2D eigenvalue weighted by Crippen LogP contribution is 2.26. The Bertz CT molecular complexity index is 1370. The summed E-state index contributed by atoms with van der Waals surface area (Å²) in [6.07, 6.45) is 0.409. The molecule has 7 nitrogen and oxygen atoms in total. The van der Waals surface area contributed by atoms with Crippen LogP contribution < -0.4 is 20.9 Å². The molecule has 0 aliphatic rings. The lowest BCUT2D eigenvalue weighted by Gasteiger charge is -2.11.